The number of nitrogens with zero attached hydrogens (tertiary/aromatic N) is 3. The summed E-state index contributed by atoms with van der Waals surface area (Å²) in [6, 6.07) is 10.4. The Morgan fingerprint density at radius 1 is 1.00 bits per heavy atom. The number of nitro groups is 2. The Bertz CT molecular complexity index is 817. The van der Waals surface area contributed by atoms with E-state index >= 15 is 0 Å². The van der Waals surface area contributed by atoms with Gasteiger partial charge in [-0.2, -0.15) is 0 Å². The lowest BCUT2D eigenvalue weighted by atomic mass is 9.99. The molecule has 0 bridgehead atoms. The van der Waals surface area contributed by atoms with Gasteiger partial charge in [-0.3, -0.25) is 25.0 Å². The quantitative estimate of drug-likeness (QED) is 0.296. The number of non-ortho nitro benzene ring substituents is 1. The molecular weight excluding hydrogens is 306 g/mol. The topological polar surface area (TPSA) is 136 Å². The number of carbonyl (C=O) groups excluding carboxylic acids is 1. The normalized spacial score (nSPS) is 11.0. The van der Waals surface area contributed by atoms with Gasteiger partial charge in [-0.1, -0.05) is 35.5 Å². The predicted octanol–water partition coefficient (Wildman–Crippen LogP) is 2.56. The Balaban J connectivity index is 2.56. The summed E-state index contributed by atoms with van der Waals surface area (Å²) in [5, 5.41) is 33.8. The first-order valence-electron chi connectivity index (χ1n) is 6.20. The van der Waals surface area contributed by atoms with Crippen LogP contribution in [0.15, 0.2) is 53.7 Å². The molecule has 9 heteroatoms. The molecule has 2 rings (SSSR count). The number of rotatable bonds is 5. The Labute approximate surface area is 128 Å². The Morgan fingerprint density at radius 3 is 2.17 bits per heavy atom. The lowest BCUT2D eigenvalue weighted by Crippen LogP contribution is -2.17. The fourth-order valence-electron chi connectivity index (χ4n) is 1.93. The highest BCUT2D eigenvalue weighted by Gasteiger charge is 2.27. The van der Waals surface area contributed by atoms with E-state index in [1.54, 1.807) is 18.2 Å². The van der Waals surface area contributed by atoms with Gasteiger partial charge in [-0.05, 0) is 6.07 Å². The van der Waals surface area contributed by atoms with Crippen molar-refractivity contribution in [3.8, 4) is 0 Å². The van der Waals surface area contributed by atoms with E-state index in [1.165, 1.54) is 12.1 Å². The number of benzene rings is 2. The van der Waals surface area contributed by atoms with Gasteiger partial charge in [0.1, 0.15) is 0 Å². The third-order valence-corrected chi connectivity index (χ3v) is 3.00. The van der Waals surface area contributed by atoms with Crippen molar-refractivity contribution in [2.75, 3.05) is 0 Å². The van der Waals surface area contributed by atoms with Crippen LogP contribution in [-0.4, -0.2) is 26.5 Å². The number of nitro benzene ring substituents is 2. The van der Waals surface area contributed by atoms with Crippen molar-refractivity contribution in [3.63, 3.8) is 0 Å². The standard InChI is InChI=1S/C14H9N3O6/c18-14(9-4-2-1-3-5-9)13(15-19)11-7-6-10(16(20)21)8-12(11)17(22)23/h1-8,19H/b15-13+. The monoisotopic (exact) mass is 315 g/mol. The van der Waals surface area contributed by atoms with Crippen LogP contribution in [0.4, 0.5) is 11.4 Å². The SMILES string of the molecule is O=C(/C(=N/O)c1ccc([N+](=O)[O-])cc1[N+](=O)[O-])c1ccccc1. The van der Waals surface area contributed by atoms with Crippen molar-refractivity contribution in [2.45, 2.75) is 0 Å². The molecule has 0 saturated carbocycles. The Morgan fingerprint density at radius 2 is 1.65 bits per heavy atom. The van der Waals surface area contributed by atoms with Crippen LogP contribution < -0.4 is 0 Å². The van der Waals surface area contributed by atoms with Crippen LogP contribution in [0.25, 0.3) is 0 Å². The Hall–Kier alpha value is -3.62. The third kappa shape index (κ3) is 3.18. The van der Waals surface area contributed by atoms with Crippen molar-refractivity contribution in [3.05, 3.63) is 79.9 Å². The third-order valence-electron chi connectivity index (χ3n) is 3.00. The molecule has 1 N–H and O–H groups in total. The second kappa shape index (κ2) is 6.43. The van der Waals surface area contributed by atoms with E-state index in [0.29, 0.717) is 6.07 Å². The van der Waals surface area contributed by atoms with Gasteiger partial charge in [0.25, 0.3) is 11.4 Å². The summed E-state index contributed by atoms with van der Waals surface area (Å²) < 4.78 is 0. The van der Waals surface area contributed by atoms with Crippen LogP contribution in [0.5, 0.6) is 0 Å². The molecule has 0 spiro atoms. The van der Waals surface area contributed by atoms with Crippen LogP contribution in [0, 0.1) is 20.2 Å². The summed E-state index contributed by atoms with van der Waals surface area (Å²) in [6.45, 7) is 0. The van der Waals surface area contributed by atoms with Crippen molar-refractivity contribution < 1.29 is 19.8 Å². The minimum absolute atomic E-state index is 0.160. The van der Waals surface area contributed by atoms with Gasteiger partial charge >= 0.3 is 0 Å². The smallest absolute Gasteiger partial charge is 0.285 e. The zero-order chi connectivity index (χ0) is 17.0. The van der Waals surface area contributed by atoms with E-state index in [1.807, 2.05) is 0 Å². The summed E-state index contributed by atoms with van der Waals surface area (Å²) in [5.74, 6) is -0.745. The second-order valence-electron chi connectivity index (χ2n) is 4.36. The van der Waals surface area contributed by atoms with Crippen molar-refractivity contribution in [1.29, 1.82) is 0 Å². The number of carbonyl (C=O) groups is 1. The summed E-state index contributed by atoms with van der Waals surface area (Å²) in [6.07, 6.45) is 0. The highest BCUT2D eigenvalue weighted by molar-refractivity contribution is 6.52. The second-order valence-corrected chi connectivity index (χ2v) is 4.36. The van der Waals surface area contributed by atoms with E-state index in [0.717, 1.165) is 12.1 Å². The minimum atomic E-state index is -0.883. The minimum Gasteiger partial charge on any atom is -0.410 e. The first-order chi connectivity index (χ1) is 11.0. The fraction of sp³-hybridized carbons (Fsp3) is 0. The lowest BCUT2D eigenvalue weighted by molar-refractivity contribution is -0.394. The van der Waals surface area contributed by atoms with Crippen molar-refractivity contribution in [2.24, 2.45) is 5.16 Å². The predicted molar refractivity (Wildman–Crippen MR) is 78.8 cm³/mol. The van der Waals surface area contributed by atoms with E-state index in [9.17, 15) is 25.0 Å². The number of ketones is 1. The van der Waals surface area contributed by atoms with Gasteiger partial charge in [0, 0.05) is 11.6 Å². The van der Waals surface area contributed by atoms with Crippen LogP contribution in [0.3, 0.4) is 0 Å². The molecule has 0 radical (unpaired) electrons. The molecule has 0 fully saturated rings. The average Bonchev–Trinajstić information content (AvgIpc) is 2.56. The first kappa shape index (κ1) is 15.8. The average molecular weight is 315 g/mol. The van der Waals surface area contributed by atoms with Crippen LogP contribution in [-0.2, 0) is 0 Å². The molecule has 0 atom stereocenters. The molecular formula is C14H9N3O6. The maximum atomic E-state index is 12.3. The highest BCUT2D eigenvalue weighted by atomic mass is 16.6. The number of oxime groups is 1. The summed E-state index contributed by atoms with van der Waals surface area (Å²) >= 11 is 0. The zero-order valence-electron chi connectivity index (χ0n) is 11.4. The summed E-state index contributed by atoms with van der Waals surface area (Å²) in [5.41, 5.74) is -1.93. The summed E-state index contributed by atoms with van der Waals surface area (Å²) in [4.78, 5) is 32.5. The molecule has 0 aliphatic heterocycles. The molecule has 2 aromatic carbocycles. The van der Waals surface area contributed by atoms with Gasteiger partial charge in [0.15, 0.2) is 5.71 Å². The van der Waals surface area contributed by atoms with Gasteiger partial charge in [-0.25, -0.2) is 0 Å². The van der Waals surface area contributed by atoms with E-state index in [-0.39, 0.29) is 11.1 Å². The van der Waals surface area contributed by atoms with E-state index in [4.69, 9.17) is 5.21 Å². The maximum absolute atomic E-state index is 12.3. The molecule has 9 nitrogen and oxygen atoms in total. The van der Waals surface area contributed by atoms with Crippen molar-refractivity contribution in [1.82, 2.24) is 0 Å². The zero-order valence-corrected chi connectivity index (χ0v) is 11.4. The molecule has 23 heavy (non-hydrogen) atoms. The number of Topliss-reactive ketones (excluding diaryl/α,β-unsaturated/α-hetero) is 1. The highest BCUT2D eigenvalue weighted by Crippen LogP contribution is 2.26. The molecule has 0 heterocycles. The van der Waals surface area contributed by atoms with Crippen molar-refractivity contribution >= 4 is 22.9 Å². The lowest BCUT2D eigenvalue weighted by Gasteiger charge is -2.05. The molecule has 0 unspecified atom stereocenters. The van der Waals surface area contributed by atoms with Crippen LogP contribution in [0.1, 0.15) is 15.9 Å². The molecule has 2 aromatic rings. The summed E-state index contributed by atoms with van der Waals surface area (Å²) in [7, 11) is 0. The van der Waals surface area contributed by atoms with Gasteiger partial charge in [-0.15, -0.1) is 0 Å². The van der Waals surface area contributed by atoms with Gasteiger partial charge in [0.05, 0.1) is 21.5 Å². The maximum Gasteiger partial charge on any atom is 0.285 e. The number of hydrogen-bond donors (Lipinski definition) is 1. The van der Waals surface area contributed by atoms with E-state index in [2.05, 4.69) is 5.16 Å². The van der Waals surface area contributed by atoms with Crippen LogP contribution >= 0.6 is 0 Å². The molecule has 0 aromatic heterocycles. The number of hydrogen-bond acceptors (Lipinski definition) is 7. The molecule has 0 saturated heterocycles. The molecule has 0 amide bonds. The van der Waals surface area contributed by atoms with Gasteiger partial charge < -0.3 is 5.21 Å². The first-order valence-corrected chi connectivity index (χ1v) is 6.20. The fourth-order valence-corrected chi connectivity index (χ4v) is 1.93. The molecule has 116 valence electrons. The largest absolute Gasteiger partial charge is 0.410 e. The van der Waals surface area contributed by atoms with Gasteiger partial charge in [0.2, 0.25) is 5.78 Å². The molecule has 0 aliphatic rings. The molecule has 0 aliphatic carbocycles. The van der Waals surface area contributed by atoms with E-state index < -0.39 is 32.7 Å². The van der Waals surface area contributed by atoms with Crippen LogP contribution in [0.2, 0.25) is 0 Å². The Kier molecular flexibility index (Phi) is 4.41.